The van der Waals surface area contributed by atoms with Gasteiger partial charge in [0.05, 0.1) is 5.92 Å². The van der Waals surface area contributed by atoms with Crippen molar-refractivity contribution >= 4 is 12.0 Å². The number of hydrogen-bond donors (Lipinski definition) is 2. The molecule has 0 saturated carbocycles. The molecule has 108 valence electrons. The van der Waals surface area contributed by atoms with Gasteiger partial charge in [-0.05, 0) is 32.7 Å². The van der Waals surface area contributed by atoms with E-state index in [4.69, 9.17) is 5.11 Å². The Morgan fingerprint density at radius 1 is 1.32 bits per heavy atom. The Bertz CT molecular complexity index is 353. The zero-order valence-corrected chi connectivity index (χ0v) is 11.6. The molecule has 2 saturated heterocycles. The van der Waals surface area contributed by atoms with Crippen LogP contribution in [0.4, 0.5) is 4.79 Å². The second-order valence-electron chi connectivity index (χ2n) is 5.87. The smallest absolute Gasteiger partial charge is 0.317 e. The lowest BCUT2D eigenvalue weighted by molar-refractivity contribution is -0.146. The molecular formula is C13H23N3O3. The molecule has 0 radical (unpaired) electrons. The molecule has 0 aromatic carbocycles. The van der Waals surface area contributed by atoms with E-state index in [9.17, 15) is 9.59 Å². The van der Waals surface area contributed by atoms with Crippen LogP contribution < -0.4 is 5.32 Å². The van der Waals surface area contributed by atoms with Crippen LogP contribution in [0.25, 0.3) is 0 Å². The first-order chi connectivity index (χ1) is 8.97. The molecule has 2 fully saturated rings. The van der Waals surface area contributed by atoms with E-state index in [1.807, 2.05) is 0 Å². The maximum absolute atomic E-state index is 11.8. The molecule has 0 aromatic rings. The molecule has 19 heavy (non-hydrogen) atoms. The number of carboxylic acids is 1. The fourth-order valence-electron chi connectivity index (χ4n) is 2.64. The Kier molecular flexibility index (Phi) is 4.29. The van der Waals surface area contributed by atoms with Crippen molar-refractivity contribution in [2.45, 2.75) is 26.3 Å². The average Bonchev–Trinajstić information content (AvgIpc) is 2.72. The number of likely N-dealkylation sites (tertiary alicyclic amines) is 2. The summed E-state index contributed by atoms with van der Waals surface area (Å²) in [7, 11) is 0. The molecular weight excluding hydrogens is 246 g/mol. The number of urea groups is 1. The van der Waals surface area contributed by atoms with Gasteiger partial charge >= 0.3 is 12.0 Å². The van der Waals surface area contributed by atoms with Gasteiger partial charge < -0.3 is 20.2 Å². The standard InChI is InChI=1S/C13H23N3O3/c1-9(2)15-4-3-10(6-15)5-14-13(19)16-7-11(8-16)12(17)18/h9-11H,3-8H2,1-2H3,(H,14,19)(H,17,18). The van der Waals surface area contributed by atoms with Gasteiger partial charge in [0.2, 0.25) is 0 Å². The highest BCUT2D eigenvalue weighted by Gasteiger charge is 2.35. The van der Waals surface area contributed by atoms with Crippen molar-refractivity contribution in [1.29, 1.82) is 0 Å². The molecule has 0 spiro atoms. The summed E-state index contributed by atoms with van der Waals surface area (Å²) in [6.07, 6.45) is 1.12. The van der Waals surface area contributed by atoms with E-state index in [2.05, 4.69) is 24.1 Å². The number of hydrogen-bond acceptors (Lipinski definition) is 3. The van der Waals surface area contributed by atoms with Gasteiger partial charge in [0.15, 0.2) is 0 Å². The maximum atomic E-state index is 11.8. The molecule has 2 aliphatic heterocycles. The predicted molar refractivity (Wildman–Crippen MR) is 70.9 cm³/mol. The van der Waals surface area contributed by atoms with Gasteiger partial charge in [-0.15, -0.1) is 0 Å². The van der Waals surface area contributed by atoms with Crippen LogP contribution in [0.15, 0.2) is 0 Å². The summed E-state index contributed by atoms with van der Waals surface area (Å²) in [6.45, 7) is 7.88. The Labute approximate surface area is 113 Å². The van der Waals surface area contributed by atoms with Crippen LogP contribution in [-0.2, 0) is 4.79 Å². The second-order valence-corrected chi connectivity index (χ2v) is 5.87. The van der Waals surface area contributed by atoms with Crippen molar-refractivity contribution in [3.05, 3.63) is 0 Å². The molecule has 2 N–H and O–H groups in total. The Balaban J connectivity index is 1.64. The minimum atomic E-state index is -0.813. The number of rotatable bonds is 4. The molecule has 0 aliphatic carbocycles. The molecule has 1 unspecified atom stereocenters. The summed E-state index contributed by atoms with van der Waals surface area (Å²) in [4.78, 5) is 26.4. The monoisotopic (exact) mass is 269 g/mol. The Morgan fingerprint density at radius 3 is 2.53 bits per heavy atom. The molecule has 0 aromatic heterocycles. The molecule has 2 amide bonds. The minimum absolute atomic E-state index is 0.125. The lowest BCUT2D eigenvalue weighted by Gasteiger charge is -2.36. The van der Waals surface area contributed by atoms with Crippen molar-refractivity contribution in [2.75, 3.05) is 32.7 Å². The van der Waals surface area contributed by atoms with Gasteiger partial charge in [0.1, 0.15) is 0 Å². The molecule has 6 heteroatoms. The SMILES string of the molecule is CC(C)N1CCC(CNC(=O)N2CC(C(=O)O)C2)C1. The van der Waals surface area contributed by atoms with Crippen molar-refractivity contribution in [3.8, 4) is 0 Å². The fraction of sp³-hybridized carbons (Fsp3) is 0.846. The van der Waals surface area contributed by atoms with Crippen LogP contribution in [0.1, 0.15) is 20.3 Å². The van der Waals surface area contributed by atoms with Gasteiger partial charge in [-0.1, -0.05) is 0 Å². The number of nitrogens with zero attached hydrogens (tertiary/aromatic N) is 2. The third-order valence-corrected chi connectivity index (χ3v) is 4.11. The Morgan fingerprint density at radius 2 is 2.00 bits per heavy atom. The molecule has 2 aliphatic rings. The topological polar surface area (TPSA) is 72.9 Å². The van der Waals surface area contributed by atoms with Crippen LogP contribution >= 0.6 is 0 Å². The largest absolute Gasteiger partial charge is 0.481 e. The number of carbonyl (C=O) groups excluding carboxylic acids is 1. The third kappa shape index (κ3) is 3.37. The lowest BCUT2D eigenvalue weighted by Crippen LogP contribution is -2.56. The molecule has 0 bridgehead atoms. The highest BCUT2D eigenvalue weighted by molar-refractivity contribution is 5.79. The number of nitrogens with one attached hydrogen (secondary N) is 1. The van der Waals surface area contributed by atoms with Crippen LogP contribution in [0.2, 0.25) is 0 Å². The first-order valence-electron chi connectivity index (χ1n) is 6.97. The normalized spacial score (nSPS) is 24.6. The highest BCUT2D eigenvalue weighted by Crippen LogP contribution is 2.19. The second kappa shape index (κ2) is 5.77. The van der Waals surface area contributed by atoms with Crippen LogP contribution in [0.3, 0.4) is 0 Å². The molecule has 1 atom stereocenters. The summed E-state index contributed by atoms with van der Waals surface area (Å²) in [5.74, 6) is -0.677. The number of carboxylic acid groups (broad SMARTS) is 1. The number of carbonyl (C=O) groups is 2. The van der Waals surface area contributed by atoms with Crippen molar-refractivity contribution in [2.24, 2.45) is 11.8 Å². The Hall–Kier alpha value is -1.30. The van der Waals surface area contributed by atoms with Gasteiger partial charge in [-0.25, -0.2) is 4.79 Å². The quantitative estimate of drug-likeness (QED) is 0.777. The molecule has 6 nitrogen and oxygen atoms in total. The van der Waals surface area contributed by atoms with Crippen molar-refractivity contribution < 1.29 is 14.7 Å². The fourth-order valence-corrected chi connectivity index (χ4v) is 2.64. The van der Waals surface area contributed by atoms with E-state index >= 15 is 0 Å². The van der Waals surface area contributed by atoms with Crippen LogP contribution in [0, 0.1) is 11.8 Å². The zero-order valence-electron chi connectivity index (χ0n) is 11.6. The van der Waals surface area contributed by atoms with E-state index in [1.165, 1.54) is 0 Å². The summed E-state index contributed by atoms with van der Waals surface area (Å²) in [5, 5.41) is 11.7. The zero-order chi connectivity index (χ0) is 14.0. The molecule has 2 rings (SSSR count). The number of aliphatic carboxylic acids is 1. The molecule has 2 heterocycles. The van der Waals surface area contributed by atoms with Crippen molar-refractivity contribution in [1.82, 2.24) is 15.1 Å². The van der Waals surface area contributed by atoms with Gasteiger partial charge in [-0.3, -0.25) is 4.79 Å². The van der Waals surface area contributed by atoms with Crippen LogP contribution in [0.5, 0.6) is 0 Å². The van der Waals surface area contributed by atoms with E-state index in [0.717, 1.165) is 19.5 Å². The predicted octanol–water partition coefficient (Wildman–Crippen LogP) is 0.443. The van der Waals surface area contributed by atoms with E-state index in [1.54, 1.807) is 4.90 Å². The lowest BCUT2D eigenvalue weighted by atomic mass is 10.0. The maximum Gasteiger partial charge on any atom is 0.317 e. The first kappa shape index (κ1) is 14.1. The number of amides is 2. The van der Waals surface area contributed by atoms with E-state index < -0.39 is 5.97 Å². The van der Waals surface area contributed by atoms with E-state index in [-0.39, 0.29) is 11.9 Å². The van der Waals surface area contributed by atoms with Crippen molar-refractivity contribution in [3.63, 3.8) is 0 Å². The average molecular weight is 269 g/mol. The van der Waals surface area contributed by atoms with Gasteiger partial charge in [0, 0.05) is 32.2 Å². The third-order valence-electron chi connectivity index (χ3n) is 4.11. The van der Waals surface area contributed by atoms with E-state index in [0.29, 0.717) is 31.6 Å². The minimum Gasteiger partial charge on any atom is -0.481 e. The van der Waals surface area contributed by atoms with Gasteiger partial charge in [-0.2, -0.15) is 0 Å². The highest BCUT2D eigenvalue weighted by atomic mass is 16.4. The first-order valence-corrected chi connectivity index (χ1v) is 6.97. The summed E-state index contributed by atoms with van der Waals surface area (Å²) in [6, 6.07) is 0.438. The summed E-state index contributed by atoms with van der Waals surface area (Å²) in [5.41, 5.74) is 0. The van der Waals surface area contributed by atoms with Crippen LogP contribution in [-0.4, -0.2) is 65.7 Å². The summed E-state index contributed by atoms with van der Waals surface area (Å²) < 4.78 is 0. The summed E-state index contributed by atoms with van der Waals surface area (Å²) >= 11 is 0. The van der Waals surface area contributed by atoms with Gasteiger partial charge in [0.25, 0.3) is 0 Å².